The second-order valence-corrected chi connectivity index (χ2v) is 10.7. The number of halogens is 1. The summed E-state index contributed by atoms with van der Waals surface area (Å²) in [5.74, 6) is 0.695. The highest BCUT2D eigenvalue weighted by Crippen LogP contribution is 2.32. The second-order valence-electron chi connectivity index (χ2n) is 8.59. The van der Waals surface area contributed by atoms with E-state index in [2.05, 4.69) is 20.0 Å². The van der Waals surface area contributed by atoms with E-state index in [4.69, 9.17) is 16.3 Å². The molecular weight excluding hydrogens is 512 g/mol. The van der Waals surface area contributed by atoms with Gasteiger partial charge in [-0.05, 0) is 48.4 Å². The SMILES string of the molecule is CC[C@H](C)C(=O)Cc1cccc(S(=O)(=O)Nc2nc3ccccc3nc2Nc2cc(OC)ccc2Cl)c1. The van der Waals surface area contributed by atoms with Crippen LogP contribution >= 0.6 is 11.6 Å². The van der Waals surface area contributed by atoms with Crippen molar-refractivity contribution in [3.05, 3.63) is 77.3 Å². The lowest BCUT2D eigenvalue weighted by atomic mass is 9.97. The minimum atomic E-state index is -4.07. The first-order valence-corrected chi connectivity index (χ1v) is 13.6. The molecule has 3 aromatic carbocycles. The summed E-state index contributed by atoms with van der Waals surface area (Å²) in [6.45, 7) is 3.81. The van der Waals surface area contributed by atoms with Crippen LogP contribution in [0.25, 0.3) is 11.0 Å². The van der Waals surface area contributed by atoms with Gasteiger partial charge in [-0.15, -0.1) is 0 Å². The van der Waals surface area contributed by atoms with Crippen LogP contribution in [0.2, 0.25) is 5.02 Å². The Morgan fingerprint density at radius 1 is 1.00 bits per heavy atom. The van der Waals surface area contributed by atoms with Gasteiger partial charge in [0.15, 0.2) is 11.6 Å². The van der Waals surface area contributed by atoms with Gasteiger partial charge in [0, 0.05) is 18.4 Å². The van der Waals surface area contributed by atoms with Gasteiger partial charge in [-0.1, -0.05) is 49.7 Å². The first-order chi connectivity index (χ1) is 17.7. The van der Waals surface area contributed by atoms with Crippen LogP contribution in [0.1, 0.15) is 25.8 Å². The molecule has 0 bridgehead atoms. The molecule has 0 aliphatic carbocycles. The Kier molecular flexibility index (Phi) is 7.94. The number of anilines is 3. The molecule has 4 rings (SSSR count). The van der Waals surface area contributed by atoms with E-state index >= 15 is 0 Å². The fourth-order valence-corrected chi connectivity index (χ4v) is 4.87. The van der Waals surface area contributed by atoms with Gasteiger partial charge in [-0.25, -0.2) is 18.4 Å². The van der Waals surface area contributed by atoms with Gasteiger partial charge in [0.25, 0.3) is 10.0 Å². The minimum absolute atomic E-state index is 0.00123. The maximum atomic E-state index is 13.4. The third-order valence-corrected chi connectivity index (χ3v) is 7.64. The molecule has 0 unspecified atom stereocenters. The van der Waals surface area contributed by atoms with Crippen molar-refractivity contribution in [3.63, 3.8) is 0 Å². The number of carbonyl (C=O) groups is 1. The van der Waals surface area contributed by atoms with E-state index in [1.54, 1.807) is 48.5 Å². The summed E-state index contributed by atoms with van der Waals surface area (Å²) in [6, 6.07) is 18.5. The normalized spacial score (nSPS) is 12.2. The number of fused-ring (bicyclic) bond motifs is 1. The Balaban J connectivity index is 1.71. The molecule has 1 aromatic heterocycles. The molecule has 0 saturated carbocycles. The summed E-state index contributed by atoms with van der Waals surface area (Å²) in [7, 11) is -2.53. The number of hydrogen-bond acceptors (Lipinski definition) is 7. The maximum absolute atomic E-state index is 13.4. The lowest BCUT2D eigenvalue weighted by Gasteiger charge is -2.15. The zero-order valence-electron chi connectivity index (χ0n) is 20.7. The fraction of sp³-hybridized carbons (Fsp3) is 0.222. The average Bonchev–Trinajstić information content (AvgIpc) is 2.89. The van der Waals surface area contributed by atoms with Crippen molar-refractivity contribution in [1.29, 1.82) is 0 Å². The standard InChI is InChI=1S/C27H27ClN4O4S/c1-4-17(2)25(33)15-18-8-7-9-20(14-18)37(34,35)32-27-26(29-22-10-5-6-11-23(22)30-27)31-24-16-19(36-3)12-13-21(24)28/h5-14,16-17H,4,15H2,1-3H3,(H,29,31)(H,30,32)/t17-/m0/s1. The number of benzene rings is 3. The third-order valence-electron chi connectivity index (χ3n) is 5.98. The predicted molar refractivity (Wildman–Crippen MR) is 146 cm³/mol. The van der Waals surface area contributed by atoms with E-state index in [0.29, 0.717) is 33.1 Å². The Bertz CT molecular complexity index is 1560. The molecule has 0 fully saturated rings. The molecule has 192 valence electrons. The van der Waals surface area contributed by atoms with Gasteiger partial charge in [0.1, 0.15) is 11.5 Å². The number of sulfonamides is 1. The number of nitrogens with zero attached hydrogens (tertiary/aromatic N) is 2. The van der Waals surface area contributed by atoms with Gasteiger partial charge in [-0.2, -0.15) is 0 Å². The molecule has 37 heavy (non-hydrogen) atoms. The number of methoxy groups -OCH3 is 1. The zero-order valence-corrected chi connectivity index (χ0v) is 22.2. The Labute approximate surface area is 221 Å². The summed E-state index contributed by atoms with van der Waals surface area (Å²) < 4.78 is 34.6. The number of ether oxygens (including phenoxy) is 1. The summed E-state index contributed by atoms with van der Waals surface area (Å²) in [6.07, 6.45) is 0.890. The Morgan fingerprint density at radius 2 is 1.70 bits per heavy atom. The molecule has 8 nitrogen and oxygen atoms in total. The molecule has 4 aromatic rings. The topological polar surface area (TPSA) is 110 Å². The van der Waals surface area contributed by atoms with Crippen molar-refractivity contribution in [2.45, 2.75) is 31.6 Å². The highest BCUT2D eigenvalue weighted by Gasteiger charge is 2.21. The van der Waals surface area contributed by atoms with E-state index in [9.17, 15) is 13.2 Å². The van der Waals surface area contributed by atoms with Crippen molar-refractivity contribution in [1.82, 2.24) is 9.97 Å². The number of aromatic nitrogens is 2. The van der Waals surface area contributed by atoms with Crippen LogP contribution in [0.4, 0.5) is 17.3 Å². The molecule has 0 amide bonds. The van der Waals surface area contributed by atoms with Gasteiger partial charge in [0.2, 0.25) is 0 Å². The van der Waals surface area contributed by atoms with Crippen LogP contribution in [0.3, 0.4) is 0 Å². The highest BCUT2D eigenvalue weighted by molar-refractivity contribution is 7.92. The molecule has 1 heterocycles. The number of hydrogen-bond donors (Lipinski definition) is 2. The number of Topliss-reactive ketones (excluding diaryl/α,β-unsaturated/α-hetero) is 1. The molecule has 0 spiro atoms. The lowest BCUT2D eigenvalue weighted by molar-refractivity contribution is -0.121. The van der Waals surface area contributed by atoms with Gasteiger partial charge >= 0.3 is 0 Å². The lowest BCUT2D eigenvalue weighted by Crippen LogP contribution is -2.17. The summed E-state index contributed by atoms with van der Waals surface area (Å²) >= 11 is 6.36. The molecule has 2 N–H and O–H groups in total. The molecule has 0 aliphatic heterocycles. The van der Waals surface area contributed by atoms with Crippen LogP contribution < -0.4 is 14.8 Å². The second kappa shape index (κ2) is 11.1. The van der Waals surface area contributed by atoms with E-state index in [0.717, 1.165) is 6.42 Å². The first kappa shape index (κ1) is 26.4. The summed E-state index contributed by atoms with van der Waals surface area (Å²) in [5.41, 5.74) is 2.17. The number of nitrogens with one attached hydrogen (secondary N) is 2. The highest BCUT2D eigenvalue weighted by atomic mass is 35.5. The predicted octanol–water partition coefficient (Wildman–Crippen LogP) is 5.99. The van der Waals surface area contributed by atoms with Crippen molar-refractivity contribution in [2.75, 3.05) is 17.1 Å². The summed E-state index contributed by atoms with van der Waals surface area (Å²) in [5, 5.41) is 3.47. The third kappa shape index (κ3) is 6.18. The van der Waals surface area contributed by atoms with Crippen LogP contribution in [-0.4, -0.2) is 31.3 Å². The Morgan fingerprint density at radius 3 is 2.38 bits per heavy atom. The Hall–Kier alpha value is -3.69. The molecule has 0 aliphatic rings. The van der Waals surface area contributed by atoms with Gasteiger partial charge in [0.05, 0.1) is 33.7 Å². The maximum Gasteiger partial charge on any atom is 0.263 e. The first-order valence-electron chi connectivity index (χ1n) is 11.7. The quantitative estimate of drug-likeness (QED) is 0.255. The van der Waals surface area contributed by atoms with Crippen molar-refractivity contribution in [2.24, 2.45) is 5.92 Å². The molecule has 0 radical (unpaired) electrons. The van der Waals surface area contributed by atoms with E-state index in [-0.39, 0.29) is 34.7 Å². The van der Waals surface area contributed by atoms with E-state index < -0.39 is 10.0 Å². The van der Waals surface area contributed by atoms with Crippen molar-refractivity contribution in [3.8, 4) is 5.75 Å². The minimum Gasteiger partial charge on any atom is -0.497 e. The van der Waals surface area contributed by atoms with E-state index in [1.807, 2.05) is 19.9 Å². The summed E-state index contributed by atoms with van der Waals surface area (Å²) in [4.78, 5) is 21.5. The van der Waals surface area contributed by atoms with Gasteiger partial charge in [-0.3, -0.25) is 9.52 Å². The molecule has 10 heteroatoms. The van der Waals surface area contributed by atoms with Crippen molar-refractivity contribution >= 4 is 55.8 Å². The monoisotopic (exact) mass is 538 g/mol. The van der Waals surface area contributed by atoms with Crippen LogP contribution in [-0.2, 0) is 21.2 Å². The van der Waals surface area contributed by atoms with E-state index in [1.165, 1.54) is 19.2 Å². The largest absolute Gasteiger partial charge is 0.497 e. The molecule has 1 atom stereocenters. The zero-order chi connectivity index (χ0) is 26.6. The van der Waals surface area contributed by atoms with Crippen molar-refractivity contribution < 1.29 is 17.9 Å². The fourth-order valence-electron chi connectivity index (χ4n) is 3.62. The van der Waals surface area contributed by atoms with Crippen LogP contribution in [0.15, 0.2) is 71.6 Å². The van der Waals surface area contributed by atoms with Crippen LogP contribution in [0.5, 0.6) is 5.75 Å². The smallest absolute Gasteiger partial charge is 0.263 e. The number of carbonyl (C=O) groups excluding carboxylic acids is 1. The number of para-hydroxylation sites is 2. The van der Waals surface area contributed by atoms with Gasteiger partial charge < -0.3 is 10.1 Å². The number of ketones is 1. The number of rotatable bonds is 10. The van der Waals surface area contributed by atoms with Crippen LogP contribution in [0, 0.1) is 5.92 Å². The average molecular weight is 539 g/mol. The molecular formula is C27H27ClN4O4S. The molecule has 0 saturated heterocycles.